The van der Waals surface area contributed by atoms with Gasteiger partial charge in [0.15, 0.2) is 0 Å². The smallest absolute Gasteiger partial charge is 0.273 e. The number of nitriles is 1. The van der Waals surface area contributed by atoms with Crippen molar-refractivity contribution in [3.8, 4) is 6.07 Å². The molecule has 1 aromatic heterocycles. The number of amides is 1. The van der Waals surface area contributed by atoms with Crippen molar-refractivity contribution < 1.29 is 4.79 Å². The summed E-state index contributed by atoms with van der Waals surface area (Å²) in [6.07, 6.45) is 3.06. The second-order valence-electron chi connectivity index (χ2n) is 3.99. The van der Waals surface area contributed by atoms with E-state index in [-0.39, 0.29) is 5.91 Å². The van der Waals surface area contributed by atoms with Gasteiger partial charge in [0.05, 0.1) is 24.2 Å². The van der Waals surface area contributed by atoms with Crippen LogP contribution in [-0.4, -0.2) is 15.5 Å². The van der Waals surface area contributed by atoms with Crippen LogP contribution in [0, 0.1) is 18.3 Å². The molecule has 0 saturated heterocycles. The first-order valence-corrected chi connectivity index (χ1v) is 5.40. The van der Waals surface area contributed by atoms with Gasteiger partial charge in [0.2, 0.25) is 0 Å². The summed E-state index contributed by atoms with van der Waals surface area (Å²) in [5.74, 6) is -0.242. The highest BCUT2D eigenvalue weighted by Crippen LogP contribution is 2.17. The van der Waals surface area contributed by atoms with Gasteiger partial charge in [-0.1, -0.05) is 6.07 Å². The topological polar surface area (TPSA) is 70.7 Å². The summed E-state index contributed by atoms with van der Waals surface area (Å²) in [6.45, 7) is 1.88. The Bertz CT molecular complexity index is 637. The fourth-order valence-corrected chi connectivity index (χ4v) is 1.59. The van der Waals surface area contributed by atoms with E-state index in [1.54, 1.807) is 36.1 Å². The predicted octanol–water partition coefficient (Wildman–Crippen LogP) is 1.85. The van der Waals surface area contributed by atoms with Crippen molar-refractivity contribution in [1.82, 2.24) is 9.55 Å². The number of aryl methyl sites for hydroxylation is 2. The summed E-state index contributed by atoms with van der Waals surface area (Å²) in [7, 11) is 1.75. The van der Waals surface area contributed by atoms with Gasteiger partial charge in [0.1, 0.15) is 5.69 Å². The first-order chi connectivity index (χ1) is 8.61. The Morgan fingerprint density at radius 1 is 1.50 bits per heavy atom. The lowest BCUT2D eigenvalue weighted by atomic mass is 10.1. The molecule has 0 unspecified atom stereocenters. The largest absolute Gasteiger partial charge is 0.330 e. The molecule has 2 aromatic rings. The van der Waals surface area contributed by atoms with E-state index in [0.29, 0.717) is 16.9 Å². The number of carbonyl (C=O) groups excluding carboxylic acids is 1. The van der Waals surface area contributed by atoms with Crippen LogP contribution in [0.4, 0.5) is 5.69 Å². The average Bonchev–Trinajstić information content (AvgIpc) is 2.78. The average molecular weight is 240 g/mol. The number of carbonyl (C=O) groups is 1. The monoisotopic (exact) mass is 240 g/mol. The van der Waals surface area contributed by atoms with Gasteiger partial charge in [-0.3, -0.25) is 4.79 Å². The Hall–Kier alpha value is -2.61. The molecule has 0 aliphatic heterocycles. The van der Waals surface area contributed by atoms with E-state index in [4.69, 9.17) is 5.26 Å². The zero-order valence-electron chi connectivity index (χ0n) is 10.1. The van der Waals surface area contributed by atoms with E-state index in [9.17, 15) is 4.79 Å². The van der Waals surface area contributed by atoms with Gasteiger partial charge in [0, 0.05) is 12.7 Å². The zero-order chi connectivity index (χ0) is 13.1. The summed E-state index contributed by atoms with van der Waals surface area (Å²) in [5, 5.41) is 11.6. The van der Waals surface area contributed by atoms with Gasteiger partial charge >= 0.3 is 0 Å². The van der Waals surface area contributed by atoms with Crippen LogP contribution in [-0.2, 0) is 7.05 Å². The van der Waals surface area contributed by atoms with Crippen LogP contribution in [0.3, 0.4) is 0 Å². The van der Waals surface area contributed by atoms with Crippen molar-refractivity contribution in [2.24, 2.45) is 7.05 Å². The van der Waals surface area contributed by atoms with Crippen LogP contribution in [0.2, 0.25) is 0 Å². The second-order valence-corrected chi connectivity index (χ2v) is 3.99. The van der Waals surface area contributed by atoms with E-state index in [1.165, 1.54) is 6.20 Å². The van der Waals surface area contributed by atoms with Crippen LogP contribution in [0.15, 0.2) is 30.7 Å². The van der Waals surface area contributed by atoms with E-state index in [0.717, 1.165) is 5.56 Å². The molecule has 18 heavy (non-hydrogen) atoms. The number of benzene rings is 1. The molecule has 1 aromatic carbocycles. The van der Waals surface area contributed by atoms with E-state index < -0.39 is 0 Å². The van der Waals surface area contributed by atoms with Crippen molar-refractivity contribution in [2.75, 3.05) is 5.32 Å². The van der Waals surface area contributed by atoms with Gasteiger partial charge in [0.25, 0.3) is 5.91 Å². The summed E-state index contributed by atoms with van der Waals surface area (Å²) in [6, 6.07) is 7.22. The number of anilines is 1. The fourth-order valence-electron chi connectivity index (χ4n) is 1.59. The SMILES string of the molecule is Cc1ccc(C#N)cc1NC(=O)c1cncn1C. The molecule has 1 heterocycles. The van der Waals surface area contributed by atoms with Crippen LogP contribution in [0.25, 0.3) is 0 Å². The maximum absolute atomic E-state index is 12.0. The molecule has 1 amide bonds. The minimum Gasteiger partial charge on any atom is -0.330 e. The number of imidazole rings is 1. The van der Waals surface area contributed by atoms with Gasteiger partial charge < -0.3 is 9.88 Å². The van der Waals surface area contributed by atoms with Crippen LogP contribution in [0.1, 0.15) is 21.6 Å². The molecule has 0 fully saturated rings. The van der Waals surface area contributed by atoms with Crippen molar-refractivity contribution in [1.29, 1.82) is 5.26 Å². The first kappa shape index (κ1) is 11.9. The molecule has 0 spiro atoms. The van der Waals surface area contributed by atoms with Gasteiger partial charge in [-0.2, -0.15) is 5.26 Å². The Balaban J connectivity index is 2.27. The third-order valence-corrected chi connectivity index (χ3v) is 2.66. The molecule has 90 valence electrons. The lowest BCUT2D eigenvalue weighted by Crippen LogP contribution is -2.16. The second kappa shape index (κ2) is 4.72. The molecular weight excluding hydrogens is 228 g/mol. The highest BCUT2D eigenvalue weighted by atomic mass is 16.2. The summed E-state index contributed by atoms with van der Waals surface area (Å²) in [5.41, 5.74) is 2.53. The fraction of sp³-hybridized carbons (Fsp3) is 0.154. The molecule has 0 aliphatic rings. The number of hydrogen-bond donors (Lipinski definition) is 1. The maximum atomic E-state index is 12.0. The van der Waals surface area contributed by atoms with Gasteiger partial charge in [-0.05, 0) is 24.6 Å². The van der Waals surface area contributed by atoms with Crippen molar-refractivity contribution >= 4 is 11.6 Å². The molecule has 0 bridgehead atoms. The maximum Gasteiger partial charge on any atom is 0.273 e. The Kier molecular flexibility index (Phi) is 3.11. The van der Waals surface area contributed by atoms with Crippen LogP contribution < -0.4 is 5.32 Å². The normalized spacial score (nSPS) is 9.83. The lowest BCUT2D eigenvalue weighted by molar-refractivity contribution is 0.101. The number of nitrogens with zero attached hydrogens (tertiary/aromatic N) is 3. The molecule has 1 N–H and O–H groups in total. The van der Waals surface area contributed by atoms with E-state index in [2.05, 4.69) is 10.3 Å². The molecule has 5 heteroatoms. The standard InChI is InChI=1S/C13H12N4O/c1-9-3-4-10(6-14)5-11(9)16-13(18)12-7-15-8-17(12)2/h3-5,7-8H,1-2H3,(H,16,18). The van der Waals surface area contributed by atoms with Gasteiger partial charge in [-0.15, -0.1) is 0 Å². The lowest BCUT2D eigenvalue weighted by Gasteiger charge is -2.08. The molecule has 0 saturated carbocycles. The van der Waals surface area contributed by atoms with Crippen molar-refractivity contribution in [2.45, 2.75) is 6.92 Å². The zero-order valence-corrected chi connectivity index (χ0v) is 10.1. The molecule has 5 nitrogen and oxygen atoms in total. The predicted molar refractivity (Wildman–Crippen MR) is 67.1 cm³/mol. The first-order valence-electron chi connectivity index (χ1n) is 5.40. The Morgan fingerprint density at radius 3 is 2.89 bits per heavy atom. The Labute approximate surface area is 105 Å². The van der Waals surface area contributed by atoms with Crippen LogP contribution in [0.5, 0.6) is 0 Å². The highest BCUT2D eigenvalue weighted by molar-refractivity contribution is 6.03. The quantitative estimate of drug-likeness (QED) is 0.870. The molecule has 2 rings (SSSR count). The minimum atomic E-state index is -0.242. The van der Waals surface area contributed by atoms with E-state index in [1.807, 2.05) is 13.0 Å². The van der Waals surface area contributed by atoms with Gasteiger partial charge in [-0.25, -0.2) is 4.98 Å². The molecule has 0 aliphatic carbocycles. The summed E-state index contributed by atoms with van der Waals surface area (Å²) >= 11 is 0. The van der Waals surface area contributed by atoms with Crippen molar-refractivity contribution in [3.05, 3.63) is 47.5 Å². The summed E-state index contributed by atoms with van der Waals surface area (Å²) in [4.78, 5) is 15.9. The number of rotatable bonds is 2. The number of nitrogens with one attached hydrogen (secondary N) is 1. The molecular formula is C13H12N4O. The highest BCUT2D eigenvalue weighted by Gasteiger charge is 2.11. The minimum absolute atomic E-state index is 0.242. The third kappa shape index (κ3) is 2.23. The number of aromatic nitrogens is 2. The van der Waals surface area contributed by atoms with E-state index >= 15 is 0 Å². The number of hydrogen-bond acceptors (Lipinski definition) is 3. The summed E-state index contributed by atoms with van der Waals surface area (Å²) < 4.78 is 1.64. The van der Waals surface area contributed by atoms with Crippen LogP contribution >= 0.6 is 0 Å². The molecule has 0 atom stereocenters. The third-order valence-electron chi connectivity index (χ3n) is 2.66. The Morgan fingerprint density at radius 2 is 2.28 bits per heavy atom. The van der Waals surface area contributed by atoms with Crippen molar-refractivity contribution in [3.63, 3.8) is 0 Å². The molecule has 0 radical (unpaired) electrons.